The van der Waals surface area contributed by atoms with Gasteiger partial charge in [0.2, 0.25) is 5.91 Å². The third-order valence-corrected chi connectivity index (χ3v) is 7.02. The van der Waals surface area contributed by atoms with Crippen LogP contribution in [-0.2, 0) is 10.2 Å². The molecule has 3 rings (SSSR count). The molecule has 0 aromatic heterocycles. The second-order valence-corrected chi connectivity index (χ2v) is 8.77. The lowest BCUT2D eigenvalue weighted by Crippen LogP contribution is -2.71. The molecule has 3 N–H and O–H groups in total. The number of halogens is 2. The van der Waals surface area contributed by atoms with Crippen LogP contribution in [0.25, 0.3) is 0 Å². The molecule has 1 aromatic rings. The first-order valence-corrected chi connectivity index (χ1v) is 9.84. The number of nitrogens with two attached hydrogens (primary N) is 1. The summed E-state index contributed by atoms with van der Waals surface area (Å²) in [4.78, 5) is 13.6. The fraction of sp³-hybridized carbons (Fsp3) is 0.632. The van der Waals surface area contributed by atoms with Crippen LogP contribution in [0, 0.1) is 0 Å². The van der Waals surface area contributed by atoms with Crippen LogP contribution in [0.15, 0.2) is 24.3 Å². The minimum atomic E-state index is -0.517. The van der Waals surface area contributed by atoms with Crippen LogP contribution in [0.3, 0.4) is 0 Å². The van der Waals surface area contributed by atoms with E-state index in [4.69, 9.17) is 28.9 Å². The Balaban J connectivity index is 1.97. The lowest BCUT2D eigenvalue weighted by atomic mass is 9.62. The van der Waals surface area contributed by atoms with Crippen LogP contribution < -0.4 is 11.1 Å². The summed E-state index contributed by atoms with van der Waals surface area (Å²) in [5.41, 5.74) is 8.17. The van der Waals surface area contributed by atoms with Crippen LogP contribution in [0.4, 0.5) is 5.69 Å². The summed E-state index contributed by atoms with van der Waals surface area (Å²) in [5, 5.41) is 2.58. The fourth-order valence-corrected chi connectivity index (χ4v) is 5.15. The molecule has 1 amide bonds. The third-order valence-electron chi connectivity index (χ3n) is 5.97. The zero-order valence-electron chi connectivity index (χ0n) is 14.9. The zero-order chi connectivity index (χ0) is 18.2. The Kier molecular flexibility index (Phi) is 5.36. The van der Waals surface area contributed by atoms with Crippen molar-refractivity contribution in [1.29, 1.82) is 0 Å². The highest BCUT2D eigenvalue weighted by atomic mass is 35.5. The standard InChI is InChI=1S/C19H27Cl2N3O/c1-13(25)23-15-7-5-14(6-8-15)18(2)11-16(20)17(21)12-19(18,22)24-9-3-4-10-24/h5-8,16-17H,3-4,9-12,22H2,1-2H3,(H,23,25). The summed E-state index contributed by atoms with van der Waals surface area (Å²) < 4.78 is 0. The number of likely N-dealkylation sites (tertiary alicyclic amines) is 1. The average molecular weight is 384 g/mol. The lowest BCUT2D eigenvalue weighted by Gasteiger charge is -2.57. The molecule has 0 spiro atoms. The summed E-state index contributed by atoms with van der Waals surface area (Å²) in [6, 6.07) is 7.98. The summed E-state index contributed by atoms with van der Waals surface area (Å²) in [7, 11) is 0. The maximum atomic E-state index is 11.2. The molecular formula is C19H27Cl2N3O. The highest BCUT2D eigenvalue weighted by Gasteiger charge is 2.56. The van der Waals surface area contributed by atoms with E-state index in [0.717, 1.165) is 30.8 Å². The molecule has 0 bridgehead atoms. The SMILES string of the molecule is CC(=O)Nc1ccc(C2(C)CC(Cl)C(Cl)CC2(N)N2CCCC2)cc1. The number of benzene rings is 1. The number of hydrogen-bond acceptors (Lipinski definition) is 3. The van der Waals surface area contributed by atoms with Crippen molar-refractivity contribution in [2.45, 2.75) is 61.4 Å². The summed E-state index contributed by atoms with van der Waals surface area (Å²) in [5.74, 6) is -0.0762. The van der Waals surface area contributed by atoms with E-state index < -0.39 is 5.66 Å². The number of carbonyl (C=O) groups excluding carboxylic acids is 1. The number of anilines is 1. The van der Waals surface area contributed by atoms with Gasteiger partial charge in [0.15, 0.2) is 0 Å². The van der Waals surface area contributed by atoms with Gasteiger partial charge in [-0.3, -0.25) is 9.69 Å². The summed E-state index contributed by atoms with van der Waals surface area (Å²) in [6.45, 7) is 5.73. The summed E-state index contributed by atoms with van der Waals surface area (Å²) >= 11 is 13.1. The fourth-order valence-electron chi connectivity index (χ4n) is 4.43. The van der Waals surface area contributed by atoms with Crippen molar-refractivity contribution >= 4 is 34.8 Å². The zero-order valence-corrected chi connectivity index (χ0v) is 16.4. The van der Waals surface area contributed by atoms with Crippen LogP contribution in [0.1, 0.15) is 45.1 Å². The quantitative estimate of drug-likeness (QED) is 0.782. The number of rotatable bonds is 3. The van der Waals surface area contributed by atoms with Gasteiger partial charge in [-0.25, -0.2) is 0 Å². The van der Waals surface area contributed by atoms with Gasteiger partial charge >= 0.3 is 0 Å². The third kappa shape index (κ3) is 3.42. The maximum Gasteiger partial charge on any atom is 0.221 e. The normalized spacial score (nSPS) is 36.4. The van der Waals surface area contributed by atoms with E-state index in [-0.39, 0.29) is 22.1 Å². The van der Waals surface area contributed by atoms with E-state index in [1.807, 2.05) is 12.1 Å². The molecule has 138 valence electrons. The van der Waals surface area contributed by atoms with Crippen molar-refractivity contribution in [1.82, 2.24) is 4.90 Å². The molecule has 4 atom stereocenters. The van der Waals surface area contributed by atoms with Gasteiger partial charge in [0.1, 0.15) is 0 Å². The molecule has 1 aliphatic heterocycles. The van der Waals surface area contributed by atoms with Crippen LogP contribution in [0.5, 0.6) is 0 Å². The average Bonchev–Trinajstić information content (AvgIpc) is 3.08. The van der Waals surface area contributed by atoms with Crippen molar-refractivity contribution < 1.29 is 4.79 Å². The van der Waals surface area contributed by atoms with E-state index in [2.05, 4.69) is 29.3 Å². The first-order chi connectivity index (χ1) is 11.8. The van der Waals surface area contributed by atoms with Crippen LogP contribution in [0.2, 0.25) is 0 Å². The Hall–Kier alpha value is -0.810. The molecule has 1 saturated carbocycles. The van der Waals surface area contributed by atoms with Crippen LogP contribution >= 0.6 is 23.2 Å². The minimum absolute atomic E-state index is 0.0762. The molecule has 0 radical (unpaired) electrons. The number of nitrogens with one attached hydrogen (secondary N) is 1. The first-order valence-electron chi connectivity index (χ1n) is 8.96. The van der Waals surface area contributed by atoms with Crippen molar-refractivity contribution in [3.63, 3.8) is 0 Å². The Morgan fingerprint density at radius 2 is 1.72 bits per heavy atom. The second kappa shape index (κ2) is 7.07. The van der Waals surface area contributed by atoms with Gasteiger partial charge in [-0.05, 0) is 56.5 Å². The lowest BCUT2D eigenvalue weighted by molar-refractivity contribution is -0.114. The number of carbonyl (C=O) groups is 1. The van der Waals surface area contributed by atoms with Crippen molar-refractivity contribution in [2.75, 3.05) is 18.4 Å². The topological polar surface area (TPSA) is 58.4 Å². The predicted molar refractivity (Wildman–Crippen MR) is 104 cm³/mol. The van der Waals surface area contributed by atoms with Crippen molar-refractivity contribution in [2.24, 2.45) is 5.73 Å². The molecule has 2 aliphatic rings. The van der Waals surface area contributed by atoms with Gasteiger partial charge in [0, 0.05) is 18.0 Å². The van der Waals surface area contributed by atoms with E-state index >= 15 is 0 Å². The molecule has 1 aliphatic carbocycles. The Labute approximate surface area is 160 Å². The predicted octanol–water partition coefficient (Wildman–Crippen LogP) is 3.66. The van der Waals surface area contributed by atoms with Crippen molar-refractivity contribution in [3.05, 3.63) is 29.8 Å². The van der Waals surface area contributed by atoms with Gasteiger partial charge < -0.3 is 11.1 Å². The maximum absolute atomic E-state index is 11.2. The molecule has 6 heteroatoms. The number of nitrogens with zero attached hydrogens (tertiary/aromatic N) is 1. The Morgan fingerprint density at radius 1 is 1.16 bits per heavy atom. The molecule has 4 nitrogen and oxygen atoms in total. The van der Waals surface area contributed by atoms with Gasteiger partial charge in [-0.15, -0.1) is 23.2 Å². The molecule has 2 fully saturated rings. The largest absolute Gasteiger partial charge is 0.326 e. The monoisotopic (exact) mass is 383 g/mol. The smallest absolute Gasteiger partial charge is 0.221 e. The molecule has 4 unspecified atom stereocenters. The molecule has 1 heterocycles. The molecule has 1 saturated heterocycles. The number of hydrogen-bond donors (Lipinski definition) is 2. The molecule has 25 heavy (non-hydrogen) atoms. The van der Waals surface area contributed by atoms with Gasteiger partial charge in [-0.1, -0.05) is 19.1 Å². The first kappa shape index (κ1) is 19.0. The van der Waals surface area contributed by atoms with E-state index in [1.165, 1.54) is 19.8 Å². The van der Waals surface area contributed by atoms with Gasteiger partial charge in [-0.2, -0.15) is 0 Å². The van der Waals surface area contributed by atoms with E-state index in [0.29, 0.717) is 6.42 Å². The molecular weight excluding hydrogens is 357 g/mol. The van der Waals surface area contributed by atoms with E-state index in [9.17, 15) is 4.79 Å². The second-order valence-electron chi connectivity index (χ2n) is 7.65. The highest BCUT2D eigenvalue weighted by molar-refractivity contribution is 6.30. The van der Waals surface area contributed by atoms with E-state index in [1.54, 1.807) is 0 Å². The Bertz CT molecular complexity index is 632. The molecule has 1 aromatic carbocycles. The van der Waals surface area contributed by atoms with Gasteiger partial charge in [0.05, 0.1) is 16.4 Å². The van der Waals surface area contributed by atoms with Crippen molar-refractivity contribution in [3.8, 4) is 0 Å². The minimum Gasteiger partial charge on any atom is -0.326 e. The Morgan fingerprint density at radius 3 is 2.28 bits per heavy atom. The van der Waals surface area contributed by atoms with Gasteiger partial charge in [0.25, 0.3) is 0 Å². The highest BCUT2D eigenvalue weighted by Crippen LogP contribution is 2.50. The van der Waals surface area contributed by atoms with Crippen LogP contribution in [-0.4, -0.2) is 40.3 Å². The number of amides is 1. The number of alkyl halides is 2. The summed E-state index contributed by atoms with van der Waals surface area (Å²) in [6.07, 6.45) is 3.75.